The van der Waals surface area contributed by atoms with Crippen molar-refractivity contribution in [3.05, 3.63) is 29.3 Å². The molecule has 1 heterocycles. The summed E-state index contributed by atoms with van der Waals surface area (Å²) in [5, 5.41) is 10.1. The molecule has 0 aromatic heterocycles. The van der Waals surface area contributed by atoms with Crippen LogP contribution in [-0.4, -0.2) is 35.5 Å². The molecule has 3 N–H and O–H groups in total. The zero-order chi connectivity index (χ0) is 14.0. The fourth-order valence-corrected chi connectivity index (χ4v) is 2.89. The highest BCUT2D eigenvalue weighted by Crippen LogP contribution is 2.36. The van der Waals surface area contributed by atoms with E-state index in [0.29, 0.717) is 24.8 Å². The fourth-order valence-electron chi connectivity index (χ4n) is 2.89. The molecule has 2 rings (SSSR count). The Balaban J connectivity index is 2.29. The number of benzene rings is 1. The van der Waals surface area contributed by atoms with Gasteiger partial charge >= 0.3 is 0 Å². The SMILES string of the molecule is CC(=O)N1CCC(CN)C(c2ccc(C)cc2O)C1. The summed E-state index contributed by atoms with van der Waals surface area (Å²) in [6.45, 7) is 5.54. The molecule has 0 saturated carbocycles. The molecule has 2 unspecified atom stereocenters. The molecule has 1 saturated heterocycles. The number of piperidine rings is 1. The Kier molecular flexibility index (Phi) is 4.10. The van der Waals surface area contributed by atoms with E-state index in [1.807, 2.05) is 24.0 Å². The van der Waals surface area contributed by atoms with Crippen molar-refractivity contribution >= 4 is 5.91 Å². The van der Waals surface area contributed by atoms with Gasteiger partial charge in [-0.25, -0.2) is 0 Å². The number of hydrogen-bond donors (Lipinski definition) is 2. The van der Waals surface area contributed by atoms with Crippen molar-refractivity contribution in [2.45, 2.75) is 26.2 Å². The highest BCUT2D eigenvalue weighted by atomic mass is 16.3. The molecular formula is C15H22N2O2. The van der Waals surface area contributed by atoms with Crippen molar-refractivity contribution < 1.29 is 9.90 Å². The van der Waals surface area contributed by atoms with E-state index in [0.717, 1.165) is 24.1 Å². The van der Waals surface area contributed by atoms with Crippen LogP contribution >= 0.6 is 0 Å². The van der Waals surface area contributed by atoms with Gasteiger partial charge in [0.1, 0.15) is 5.75 Å². The molecule has 1 fully saturated rings. The number of aromatic hydroxyl groups is 1. The number of carbonyl (C=O) groups is 1. The summed E-state index contributed by atoms with van der Waals surface area (Å²) in [7, 11) is 0. The smallest absolute Gasteiger partial charge is 0.219 e. The Bertz CT molecular complexity index is 473. The largest absolute Gasteiger partial charge is 0.508 e. The fraction of sp³-hybridized carbons (Fsp3) is 0.533. The molecule has 2 atom stereocenters. The quantitative estimate of drug-likeness (QED) is 0.851. The minimum absolute atomic E-state index is 0.0899. The highest BCUT2D eigenvalue weighted by Gasteiger charge is 2.31. The van der Waals surface area contributed by atoms with E-state index in [2.05, 4.69) is 0 Å². The predicted molar refractivity (Wildman–Crippen MR) is 75.0 cm³/mol. The first kappa shape index (κ1) is 13.9. The van der Waals surface area contributed by atoms with Crippen LogP contribution < -0.4 is 5.73 Å². The molecule has 1 aliphatic heterocycles. The van der Waals surface area contributed by atoms with Crippen molar-refractivity contribution in [3.63, 3.8) is 0 Å². The van der Waals surface area contributed by atoms with E-state index in [1.54, 1.807) is 13.0 Å². The predicted octanol–water partition coefficient (Wildman–Crippen LogP) is 1.61. The molecule has 0 spiro atoms. The minimum Gasteiger partial charge on any atom is -0.508 e. The summed E-state index contributed by atoms with van der Waals surface area (Å²) in [5.41, 5.74) is 7.79. The van der Waals surface area contributed by atoms with Gasteiger partial charge in [0.25, 0.3) is 0 Å². The maximum Gasteiger partial charge on any atom is 0.219 e. The van der Waals surface area contributed by atoms with Crippen LogP contribution in [0.1, 0.15) is 30.4 Å². The van der Waals surface area contributed by atoms with E-state index in [-0.39, 0.29) is 11.8 Å². The van der Waals surface area contributed by atoms with Gasteiger partial charge in [0.15, 0.2) is 0 Å². The zero-order valence-corrected chi connectivity index (χ0v) is 11.6. The number of carbonyl (C=O) groups excluding carboxylic acids is 1. The molecule has 1 aromatic rings. The normalized spacial score (nSPS) is 23.4. The maximum absolute atomic E-state index is 11.5. The third-order valence-corrected chi connectivity index (χ3v) is 4.09. The van der Waals surface area contributed by atoms with E-state index in [4.69, 9.17) is 5.73 Å². The lowest BCUT2D eigenvalue weighted by Gasteiger charge is -2.38. The Labute approximate surface area is 114 Å². The molecule has 104 valence electrons. The van der Waals surface area contributed by atoms with Gasteiger partial charge in [-0.3, -0.25) is 4.79 Å². The number of hydrogen-bond acceptors (Lipinski definition) is 3. The number of phenolic OH excluding ortho intramolecular Hbond substituents is 1. The van der Waals surface area contributed by atoms with Crippen molar-refractivity contribution in [2.24, 2.45) is 11.7 Å². The second kappa shape index (κ2) is 5.61. The molecule has 1 aliphatic rings. The van der Waals surface area contributed by atoms with Crippen molar-refractivity contribution in [1.82, 2.24) is 4.90 Å². The van der Waals surface area contributed by atoms with Crippen LogP contribution in [0.15, 0.2) is 18.2 Å². The van der Waals surface area contributed by atoms with Crippen molar-refractivity contribution in [1.29, 1.82) is 0 Å². The van der Waals surface area contributed by atoms with Gasteiger partial charge < -0.3 is 15.7 Å². The lowest BCUT2D eigenvalue weighted by molar-refractivity contribution is -0.130. The summed E-state index contributed by atoms with van der Waals surface area (Å²) in [4.78, 5) is 13.4. The number of nitrogens with two attached hydrogens (primary N) is 1. The monoisotopic (exact) mass is 262 g/mol. The lowest BCUT2D eigenvalue weighted by Crippen LogP contribution is -2.43. The van der Waals surface area contributed by atoms with Crippen LogP contribution in [0.25, 0.3) is 0 Å². The van der Waals surface area contributed by atoms with Gasteiger partial charge in [-0.1, -0.05) is 12.1 Å². The third kappa shape index (κ3) is 2.89. The van der Waals surface area contributed by atoms with Gasteiger partial charge in [-0.05, 0) is 43.0 Å². The van der Waals surface area contributed by atoms with Crippen LogP contribution in [0.3, 0.4) is 0 Å². The molecule has 19 heavy (non-hydrogen) atoms. The van der Waals surface area contributed by atoms with E-state index in [1.165, 1.54) is 0 Å². The average Bonchev–Trinajstić information content (AvgIpc) is 2.38. The van der Waals surface area contributed by atoms with Crippen LogP contribution in [0.2, 0.25) is 0 Å². The Hall–Kier alpha value is -1.55. The van der Waals surface area contributed by atoms with Crippen molar-refractivity contribution in [3.8, 4) is 5.75 Å². The Morgan fingerprint density at radius 1 is 1.53 bits per heavy atom. The first-order valence-corrected chi connectivity index (χ1v) is 6.78. The number of likely N-dealkylation sites (tertiary alicyclic amines) is 1. The lowest BCUT2D eigenvalue weighted by atomic mass is 9.80. The summed E-state index contributed by atoms with van der Waals surface area (Å²) in [6.07, 6.45) is 0.897. The number of amides is 1. The van der Waals surface area contributed by atoms with Crippen LogP contribution in [-0.2, 0) is 4.79 Å². The summed E-state index contributed by atoms with van der Waals surface area (Å²) >= 11 is 0. The molecule has 0 bridgehead atoms. The Morgan fingerprint density at radius 3 is 2.84 bits per heavy atom. The van der Waals surface area contributed by atoms with Gasteiger partial charge in [-0.2, -0.15) is 0 Å². The van der Waals surface area contributed by atoms with E-state index >= 15 is 0 Å². The number of phenols is 1. The van der Waals surface area contributed by atoms with Gasteiger partial charge in [0.05, 0.1) is 0 Å². The number of rotatable bonds is 2. The summed E-state index contributed by atoms with van der Waals surface area (Å²) in [5.74, 6) is 0.855. The maximum atomic E-state index is 11.5. The minimum atomic E-state index is 0.0899. The first-order valence-electron chi connectivity index (χ1n) is 6.78. The summed E-state index contributed by atoms with van der Waals surface area (Å²) < 4.78 is 0. The van der Waals surface area contributed by atoms with Crippen LogP contribution in [0, 0.1) is 12.8 Å². The number of nitrogens with zero attached hydrogens (tertiary/aromatic N) is 1. The molecule has 1 aromatic carbocycles. The van der Waals surface area contributed by atoms with E-state index < -0.39 is 0 Å². The second-order valence-corrected chi connectivity index (χ2v) is 5.42. The standard InChI is InChI=1S/C15H22N2O2/c1-10-3-4-13(15(19)7-10)14-9-17(11(2)18)6-5-12(14)8-16/h3-4,7,12,14,19H,5-6,8-9,16H2,1-2H3. The molecule has 4 nitrogen and oxygen atoms in total. The van der Waals surface area contributed by atoms with Crippen molar-refractivity contribution in [2.75, 3.05) is 19.6 Å². The average molecular weight is 262 g/mol. The molecule has 4 heteroatoms. The van der Waals surface area contributed by atoms with Crippen LogP contribution in [0.4, 0.5) is 0 Å². The second-order valence-electron chi connectivity index (χ2n) is 5.42. The zero-order valence-electron chi connectivity index (χ0n) is 11.6. The summed E-state index contributed by atoms with van der Waals surface area (Å²) in [6, 6.07) is 5.73. The van der Waals surface area contributed by atoms with Gasteiger partial charge in [0.2, 0.25) is 5.91 Å². The third-order valence-electron chi connectivity index (χ3n) is 4.09. The number of aryl methyl sites for hydroxylation is 1. The molecular weight excluding hydrogens is 240 g/mol. The topological polar surface area (TPSA) is 66.6 Å². The molecule has 0 aliphatic carbocycles. The van der Waals surface area contributed by atoms with Crippen LogP contribution in [0.5, 0.6) is 5.75 Å². The molecule has 1 amide bonds. The molecule has 0 radical (unpaired) electrons. The van der Waals surface area contributed by atoms with Gasteiger partial charge in [-0.15, -0.1) is 0 Å². The van der Waals surface area contributed by atoms with E-state index in [9.17, 15) is 9.90 Å². The Morgan fingerprint density at radius 2 is 2.26 bits per heavy atom. The highest BCUT2D eigenvalue weighted by molar-refractivity contribution is 5.73. The van der Waals surface area contributed by atoms with Gasteiger partial charge in [0, 0.05) is 25.9 Å². The first-order chi connectivity index (χ1) is 9.02.